The highest BCUT2D eigenvalue weighted by Gasteiger charge is 2.34. The van der Waals surface area contributed by atoms with Crippen molar-refractivity contribution in [3.05, 3.63) is 166 Å². The summed E-state index contributed by atoms with van der Waals surface area (Å²) in [4.78, 5) is 6.75. The molecule has 5 rings (SSSR count). The van der Waals surface area contributed by atoms with Crippen molar-refractivity contribution in [3.63, 3.8) is 0 Å². The molecule has 0 aliphatic rings. The van der Waals surface area contributed by atoms with Gasteiger partial charge in [0.25, 0.3) is 0 Å². The number of hydroxylamine groups is 2. The number of aliphatic hydroxyl groups is 1. The van der Waals surface area contributed by atoms with Crippen LogP contribution in [-0.2, 0) is 23.5 Å². The summed E-state index contributed by atoms with van der Waals surface area (Å²) < 4.78 is 12.2. The van der Waals surface area contributed by atoms with Gasteiger partial charge in [0.05, 0.1) is 12.1 Å². The Morgan fingerprint density at radius 1 is 0.538 bits per heavy atom. The highest BCUT2D eigenvalue weighted by Crippen LogP contribution is 2.37. The van der Waals surface area contributed by atoms with Crippen molar-refractivity contribution in [2.24, 2.45) is 5.92 Å². The third kappa shape index (κ3) is 9.92. The summed E-state index contributed by atoms with van der Waals surface area (Å²) in [5, 5.41) is 11.9. The summed E-state index contributed by atoms with van der Waals surface area (Å²) >= 11 is 0. The van der Waals surface area contributed by atoms with Gasteiger partial charge in [-0.15, -0.1) is 0 Å². The maximum Gasteiger partial charge on any atom is 0.119 e. The molecule has 1 N–H and O–H groups in total. The SMILES string of the molecule is CC(O)c1ccc(COc2ccc(C(C)(C)c3ccc(OCc4ccc(C(C)ON(C(c5ccccc5)C(C)C)C(C)(C)C)cc4)cc3)cc2)cc1. The lowest BCUT2D eigenvalue weighted by molar-refractivity contribution is -0.272. The topological polar surface area (TPSA) is 51.2 Å². The predicted octanol–water partition coefficient (Wildman–Crippen LogP) is 11.7. The van der Waals surface area contributed by atoms with Crippen LogP contribution in [0.3, 0.4) is 0 Å². The van der Waals surface area contributed by atoms with E-state index in [0.29, 0.717) is 19.1 Å². The molecule has 0 spiro atoms. The second kappa shape index (κ2) is 16.9. The van der Waals surface area contributed by atoms with E-state index in [1.165, 1.54) is 16.7 Å². The van der Waals surface area contributed by atoms with Crippen molar-refractivity contribution < 1.29 is 19.4 Å². The third-order valence-corrected chi connectivity index (χ3v) is 9.83. The first-order valence-electron chi connectivity index (χ1n) is 18.6. The molecule has 274 valence electrons. The van der Waals surface area contributed by atoms with Crippen molar-refractivity contribution >= 4 is 0 Å². The smallest absolute Gasteiger partial charge is 0.119 e. The molecule has 5 nitrogen and oxygen atoms in total. The molecule has 3 unspecified atom stereocenters. The van der Waals surface area contributed by atoms with Crippen molar-refractivity contribution in [1.82, 2.24) is 5.06 Å². The van der Waals surface area contributed by atoms with Crippen molar-refractivity contribution in [2.75, 3.05) is 0 Å². The van der Waals surface area contributed by atoms with E-state index < -0.39 is 6.10 Å². The zero-order valence-corrected chi connectivity index (χ0v) is 32.5. The van der Waals surface area contributed by atoms with Crippen molar-refractivity contribution in [1.29, 1.82) is 0 Å². The molecular formula is C47H57NO4. The molecule has 0 aliphatic carbocycles. The lowest BCUT2D eigenvalue weighted by Gasteiger charge is -2.44. The number of rotatable bonds is 15. The van der Waals surface area contributed by atoms with Crippen LogP contribution in [-0.4, -0.2) is 15.7 Å². The zero-order valence-electron chi connectivity index (χ0n) is 32.5. The van der Waals surface area contributed by atoms with Crippen molar-refractivity contribution in [2.45, 2.75) is 105 Å². The number of benzene rings is 5. The highest BCUT2D eigenvalue weighted by atomic mass is 16.7. The fraction of sp³-hybridized carbons (Fsp3) is 0.362. The van der Waals surface area contributed by atoms with E-state index in [-0.39, 0.29) is 23.1 Å². The first-order valence-corrected chi connectivity index (χ1v) is 18.6. The monoisotopic (exact) mass is 699 g/mol. The van der Waals surface area contributed by atoms with E-state index in [1.807, 2.05) is 36.4 Å². The molecule has 0 radical (unpaired) electrons. The minimum absolute atomic E-state index is 0.112. The Labute approximate surface area is 312 Å². The third-order valence-electron chi connectivity index (χ3n) is 9.83. The number of nitrogens with zero attached hydrogens (tertiary/aromatic N) is 1. The molecule has 5 aromatic carbocycles. The van der Waals surface area contributed by atoms with Crippen LogP contribution < -0.4 is 9.47 Å². The van der Waals surface area contributed by atoms with E-state index in [2.05, 4.69) is 151 Å². The Balaban J connectivity index is 1.15. The first kappa shape index (κ1) is 38.8. The molecule has 0 fully saturated rings. The van der Waals surface area contributed by atoms with Gasteiger partial charge >= 0.3 is 0 Å². The Morgan fingerprint density at radius 2 is 0.981 bits per heavy atom. The molecule has 0 aliphatic heterocycles. The second-order valence-electron chi connectivity index (χ2n) is 15.8. The summed E-state index contributed by atoms with van der Waals surface area (Å²) in [6.07, 6.45) is -0.581. The standard InChI is InChI=1S/C47H57NO4/c1-33(2)45(40-13-11-10-12-14-40)48(46(5,6)7)52-35(4)39-21-17-37(18-22-39)32-51-44-29-25-42(26-30-44)47(8,9)41-23-27-43(28-24-41)50-31-36-15-19-38(20-16-36)34(3)49/h10-30,33-35,45,49H,31-32H2,1-9H3. The van der Waals surface area contributed by atoms with Crippen LogP contribution in [0.2, 0.25) is 0 Å². The Morgan fingerprint density at radius 3 is 1.38 bits per heavy atom. The van der Waals surface area contributed by atoms with Crippen LogP contribution in [0.4, 0.5) is 0 Å². The lowest BCUT2D eigenvalue weighted by atomic mass is 9.78. The molecule has 5 heteroatoms. The minimum Gasteiger partial charge on any atom is -0.489 e. The van der Waals surface area contributed by atoms with Gasteiger partial charge in [0, 0.05) is 11.0 Å². The maximum absolute atomic E-state index is 9.74. The predicted molar refractivity (Wildman–Crippen MR) is 212 cm³/mol. The largest absolute Gasteiger partial charge is 0.489 e. The van der Waals surface area contributed by atoms with Crippen LogP contribution in [0.5, 0.6) is 11.5 Å². The van der Waals surface area contributed by atoms with Crippen LogP contribution in [0, 0.1) is 5.92 Å². The summed E-state index contributed by atoms with van der Waals surface area (Å²) in [6, 6.07) is 44.0. The van der Waals surface area contributed by atoms with Gasteiger partial charge in [-0.2, -0.15) is 5.06 Å². The normalized spacial score (nSPS) is 13.9. The van der Waals surface area contributed by atoms with Crippen LogP contribution in [0.15, 0.2) is 127 Å². The Kier molecular flexibility index (Phi) is 12.6. The van der Waals surface area contributed by atoms with Crippen LogP contribution >= 0.6 is 0 Å². The van der Waals surface area contributed by atoms with Gasteiger partial charge < -0.3 is 14.6 Å². The maximum atomic E-state index is 9.74. The summed E-state index contributed by atoms with van der Waals surface area (Å²) in [6.45, 7) is 20.5. The second-order valence-corrected chi connectivity index (χ2v) is 15.8. The van der Waals surface area contributed by atoms with Gasteiger partial charge in [-0.3, -0.25) is 4.84 Å². The van der Waals surface area contributed by atoms with Gasteiger partial charge in [0.2, 0.25) is 0 Å². The molecule has 0 bridgehead atoms. The van der Waals surface area contributed by atoms with Gasteiger partial charge in [0.1, 0.15) is 30.8 Å². The minimum atomic E-state index is -0.469. The van der Waals surface area contributed by atoms with Crippen molar-refractivity contribution in [3.8, 4) is 11.5 Å². The molecule has 0 amide bonds. The van der Waals surface area contributed by atoms with Crippen LogP contribution in [0.1, 0.15) is 120 Å². The average molecular weight is 700 g/mol. The Hall–Kier alpha value is -4.42. The van der Waals surface area contributed by atoms with E-state index in [4.69, 9.17) is 14.3 Å². The first-order chi connectivity index (χ1) is 24.7. The van der Waals surface area contributed by atoms with E-state index >= 15 is 0 Å². The Bertz CT molecular complexity index is 1810. The molecule has 5 aromatic rings. The number of hydrogen-bond acceptors (Lipinski definition) is 5. The van der Waals surface area contributed by atoms with E-state index in [1.54, 1.807) is 6.92 Å². The molecule has 3 atom stereocenters. The van der Waals surface area contributed by atoms with Gasteiger partial charge in [-0.25, -0.2) is 0 Å². The molecule has 0 heterocycles. The highest BCUT2D eigenvalue weighted by molar-refractivity contribution is 5.42. The number of ether oxygens (including phenoxy) is 2. The fourth-order valence-electron chi connectivity index (χ4n) is 6.53. The molecule has 52 heavy (non-hydrogen) atoms. The van der Waals surface area contributed by atoms with Gasteiger partial charge in [-0.1, -0.05) is 131 Å². The number of hydrogen-bond donors (Lipinski definition) is 1. The molecule has 0 saturated carbocycles. The molecule has 0 aromatic heterocycles. The quantitative estimate of drug-likeness (QED) is 0.110. The van der Waals surface area contributed by atoms with E-state index in [0.717, 1.165) is 33.8 Å². The van der Waals surface area contributed by atoms with Crippen LogP contribution in [0.25, 0.3) is 0 Å². The average Bonchev–Trinajstić information content (AvgIpc) is 3.13. The zero-order chi connectivity index (χ0) is 37.5. The molecular weight excluding hydrogens is 643 g/mol. The summed E-state index contributed by atoms with van der Waals surface area (Å²) in [7, 11) is 0. The summed E-state index contributed by atoms with van der Waals surface area (Å²) in [5.74, 6) is 2.04. The lowest BCUT2D eigenvalue weighted by Crippen LogP contribution is -2.46. The van der Waals surface area contributed by atoms with Gasteiger partial charge in [0.15, 0.2) is 0 Å². The molecule has 0 saturated heterocycles. The summed E-state index contributed by atoms with van der Waals surface area (Å²) in [5.41, 5.74) is 7.50. The van der Waals surface area contributed by atoms with E-state index in [9.17, 15) is 5.11 Å². The van der Waals surface area contributed by atoms with Gasteiger partial charge in [-0.05, 0) is 104 Å². The fourth-order valence-corrected chi connectivity index (χ4v) is 6.53. The number of aliphatic hydroxyl groups excluding tert-OH is 1.